The molecular formula is C20H27N3O4S2. The first-order valence-electron chi connectivity index (χ1n) is 9.54. The molecule has 158 valence electrons. The number of benzene rings is 1. The minimum absolute atomic E-state index is 0.0297. The van der Waals surface area contributed by atoms with Gasteiger partial charge in [-0.1, -0.05) is 44.7 Å². The SMILES string of the molecule is CC(Sc1nnc(-c2ccc(C(C)(C)C)cc2)o1)C(=O)N(C)C1CCS(=O)(=O)C1. The van der Waals surface area contributed by atoms with Crippen molar-refractivity contribution in [2.24, 2.45) is 0 Å². The third-order valence-electron chi connectivity index (χ3n) is 5.13. The number of carbonyl (C=O) groups excluding carboxylic acids is 1. The van der Waals surface area contributed by atoms with Crippen molar-refractivity contribution in [1.29, 1.82) is 0 Å². The van der Waals surface area contributed by atoms with E-state index in [4.69, 9.17) is 4.42 Å². The van der Waals surface area contributed by atoms with E-state index < -0.39 is 15.1 Å². The fourth-order valence-corrected chi connectivity index (χ4v) is 5.79. The van der Waals surface area contributed by atoms with Gasteiger partial charge in [0.25, 0.3) is 5.22 Å². The van der Waals surface area contributed by atoms with Crippen LogP contribution in [0.5, 0.6) is 0 Å². The number of hydrogen-bond acceptors (Lipinski definition) is 7. The van der Waals surface area contributed by atoms with Crippen molar-refractivity contribution in [3.8, 4) is 11.5 Å². The van der Waals surface area contributed by atoms with Gasteiger partial charge in [0.2, 0.25) is 11.8 Å². The average Bonchev–Trinajstić information content (AvgIpc) is 3.26. The van der Waals surface area contributed by atoms with Gasteiger partial charge in [-0.15, -0.1) is 10.2 Å². The third kappa shape index (κ3) is 5.19. The molecule has 7 nitrogen and oxygen atoms in total. The first-order chi connectivity index (χ1) is 13.5. The van der Waals surface area contributed by atoms with E-state index in [1.165, 1.54) is 22.2 Å². The maximum atomic E-state index is 12.7. The van der Waals surface area contributed by atoms with E-state index in [-0.39, 0.29) is 28.9 Å². The fourth-order valence-electron chi connectivity index (χ4n) is 3.24. The molecule has 9 heteroatoms. The quantitative estimate of drug-likeness (QED) is 0.663. The van der Waals surface area contributed by atoms with Crippen LogP contribution in [0, 0.1) is 0 Å². The van der Waals surface area contributed by atoms with E-state index in [9.17, 15) is 13.2 Å². The lowest BCUT2D eigenvalue weighted by molar-refractivity contribution is -0.130. The summed E-state index contributed by atoms with van der Waals surface area (Å²) in [7, 11) is -1.39. The minimum atomic E-state index is -3.04. The molecule has 2 unspecified atom stereocenters. The maximum Gasteiger partial charge on any atom is 0.277 e. The molecule has 2 heterocycles. The summed E-state index contributed by atoms with van der Waals surface area (Å²) in [5, 5.41) is 7.99. The lowest BCUT2D eigenvalue weighted by Crippen LogP contribution is -2.41. The molecule has 2 aromatic rings. The van der Waals surface area contributed by atoms with E-state index in [1.807, 2.05) is 24.3 Å². The number of hydrogen-bond donors (Lipinski definition) is 0. The Morgan fingerprint density at radius 3 is 2.45 bits per heavy atom. The van der Waals surface area contributed by atoms with Crippen molar-refractivity contribution in [3.05, 3.63) is 29.8 Å². The van der Waals surface area contributed by atoms with Crippen LogP contribution in [-0.2, 0) is 20.0 Å². The second-order valence-corrected chi connectivity index (χ2v) is 12.0. The summed E-state index contributed by atoms with van der Waals surface area (Å²) in [4.78, 5) is 14.2. The second-order valence-electron chi connectivity index (χ2n) is 8.47. The molecule has 0 radical (unpaired) electrons. The molecule has 1 amide bonds. The Bertz CT molecular complexity index is 978. The van der Waals surface area contributed by atoms with Gasteiger partial charge in [0, 0.05) is 18.7 Å². The summed E-state index contributed by atoms with van der Waals surface area (Å²) in [6.07, 6.45) is 0.483. The largest absolute Gasteiger partial charge is 0.411 e. The Kier molecular flexibility index (Phi) is 6.10. The summed E-state index contributed by atoms with van der Waals surface area (Å²) < 4.78 is 29.1. The molecule has 0 aliphatic carbocycles. The van der Waals surface area contributed by atoms with Crippen molar-refractivity contribution >= 4 is 27.5 Å². The summed E-state index contributed by atoms with van der Waals surface area (Å²) >= 11 is 1.18. The molecule has 0 saturated carbocycles. The van der Waals surface area contributed by atoms with E-state index in [2.05, 4.69) is 31.0 Å². The minimum Gasteiger partial charge on any atom is -0.411 e. The molecule has 0 N–H and O–H groups in total. The summed E-state index contributed by atoms with van der Waals surface area (Å²) in [5.41, 5.74) is 2.10. The number of rotatable bonds is 5. The number of carbonyl (C=O) groups is 1. The summed E-state index contributed by atoms with van der Waals surface area (Å²) in [5.74, 6) is 0.425. The van der Waals surface area contributed by atoms with Gasteiger partial charge in [-0.25, -0.2) is 8.42 Å². The predicted octanol–water partition coefficient (Wildman–Crippen LogP) is 3.16. The van der Waals surface area contributed by atoms with Crippen LogP contribution in [0.3, 0.4) is 0 Å². The number of thioether (sulfide) groups is 1. The number of sulfone groups is 1. The lowest BCUT2D eigenvalue weighted by atomic mass is 9.87. The zero-order valence-electron chi connectivity index (χ0n) is 17.4. The van der Waals surface area contributed by atoms with Crippen LogP contribution in [0.15, 0.2) is 33.9 Å². The molecule has 2 atom stereocenters. The second kappa shape index (κ2) is 8.10. The van der Waals surface area contributed by atoms with Gasteiger partial charge in [0.1, 0.15) is 0 Å². The third-order valence-corrected chi connectivity index (χ3v) is 7.81. The highest BCUT2D eigenvalue weighted by atomic mass is 32.2. The maximum absolute atomic E-state index is 12.7. The highest BCUT2D eigenvalue weighted by molar-refractivity contribution is 8.00. The monoisotopic (exact) mass is 437 g/mol. The average molecular weight is 438 g/mol. The van der Waals surface area contributed by atoms with Gasteiger partial charge in [0.05, 0.1) is 16.8 Å². The molecule has 1 aromatic heterocycles. The Morgan fingerprint density at radius 1 is 1.24 bits per heavy atom. The van der Waals surface area contributed by atoms with Gasteiger partial charge >= 0.3 is 0 Å². The molecule has 1 aromatic carbocycles. The Hall–Kier alpha value is -1.87. The van der Waals surface area contributed by atoms with Crippen molar-refractivity contribution in [2.45, 2.75) is 56.0 Å². The van der Waals surface area contributed by atoms with E-state index >= 15 is 0 Å². The summed E-state index contributed by atoms with van der Waals surface area (Å²) in [6, 6.07) is 7.72. The molecule has 1 fully saturated rings. The normalized spacial score (nSPS) is 19.8. The van der Waals surface area contributed by atoms with Gasteiger partial charge < -0.3 is 9.32 Å². The van der Waals surface area contributed by atoms with Crippen LogP contribution in [0.25, 0.3) is 11.5 Å². The number of nitrogens with zero attached hydrogens (tertiary/aromatic N) is 3. The van der Waals surface area contributed by atoms with Crippen LogP contribution in [0.4, 0.5) is 0 Å². The Morgan fingerprint density at radius 2 is 1.90 bits per heavy atom. The summed E-state index contributed by atoms with van der Waals surface area (Å²) in [6.45, 7) is 8.22. The van der Waals surface area contributed by atoms with E-state index in [1.54, 1.807) is 14.0 Å². The number of aromatic nitrogens is 2. The highest BCUT2D eigenvalue weighted by Gasteiger charge is 2.34. The van der Waals surface area contributed by atoms with Gasteiger partial charge in [0.15, 0.2) is 9.84 Å². The molecule has 1 aliphatic heterocycles. The smallest absolute Gasteiger partial charge is 0.277 e. The zero-order valence-corrected chi connectivity index (χ0v) is 19.0. The molecule has 0 bridgehead atoms. The molecule has 1 saturated heterocycles. The van der Waals surface area contributed by atoms with Gasteiger partial charge in [-0.05, 0) is 36.5 Å². The zero-order chi connectivity index (χ0) is 21.4. The molecule has 3 rings (SSSR count). The predicted molar refractivity (Wildman–Crippen MR) is 114 cm³/mol. The standard InChI is InChI=1S/C20H27N3O4S2/c1-13(18(24)23(5)16-10-11-29(25,26)12-16)28-19-22-21-17(27-19)14-6-8-15(9-7-14)20(2,3)4/h6-9,13,16H,10-12H2,1-5H3. The molecule has 1 aliphatic rings. The fraction of sp³-hybridized carbons (Fsp3) is 0.550. The van der Waals surface area contributed by atoms with Crippen LogP contribution >= 0.6 is 11.8 Å². The van der Waals surface area contributed by atoms with Crippen LogP contribution in [0.1, 0.15) is 39.7 Å². The van der Waals surface area contributed by atoms with Crippen LogP contribution in [-0.4, -0.2) is 59.3 Å². The van der Waals surface area contributed by atoms with Gasteiger partial charge in [-0.2, -0.15) is 0 Å². The lowest BCUT2D eigenvalue weighted by Gasteiger charge is -2.25. The molecule has 0 spiro atoms. The number of amides is 1. The van der Waals surface area contributed by atoms with Crippen molar-refractivity contribution in [2.75, 3.05) is 18.6 Å². The highest BCUT2D eigenvalue weighted by Crippen LogP contribution is 2.29. The van der Waals surface area contributed by atoms with Crippen molar-refractivity contribution in [3.63, 3.8) is 0 Å². The van der Waals surface area contributed by atoms with E-state index in [0.717, 1.165) is 5.56 Å². The topological polar surface area (TPSA) is 93.4 Å². The van der Waals surface area contributed by atoms with E-state index in [0.29, 0.717) is 17.5 Å². The van der Waals surface area contributed by atoms with Crippen LogP contribution in [0.2, 0.25) is 0 Å². The first-order valence-corrected chi connectivity index (χ1v) is 12.2. The Balaban J connectivity index is 1.64. The molecule has 29 heavy (non-hydrogen) atoms. The van der Waals surface area contributed by atoms with Gasteiger partial charge in [-0.3, -0.25) is 4.79 Å². The van der Waals surface area contributed by atoms with Crippen molar-refractivity contribution < 1.29 is 17.6 Å². The van der Waals surface area contributed by atoms with Crippen molar-refractivity contribution in [1.82, 2.24) is 15.1 Å². The Labute approximate surface area is 176 Å². The first kappa shape index (κ1) is 21.8. The molecular weight excluding hydrogens is 410 g/mol. The van der Waals surface area contributed by atoms with Crippen LogP contribution < -0.4 is 0 Å².